The molecule has 0 aliphatic heterocycles. The molecule has 1 unspecified atom stereocenters. The van der Waals surface area contributed by atoms with Crippen LogP contribution in [0.5, 0.6) is 0 Å². The van der Waals surface area contributed by atoms with E-state index in [-0.39, 0.29) is 0 Å². The Morgan fingerprint density at radius 2 is 2.00 bits per heavy atom. The van der Waals surface area contributed by atoms with E-state index in [2.05, 4.69) is 9.99 Å². The second kappa shape index (κ2) is 5.87. The number of carbonyl (C=O) groups excluding carboxylic acids is 1. The lowest BCUT2D eigenvalue weighted by molar-refractivity contribution is -0.135. The molecule has 5 nitrogen and oxygen atoms in total. The zero-order valence-electron chi connectivity index (χ0n) is 8.04. The molecular weight excluding hydrogens is 234 g/mol. The Bertz CT molecular complexity index is 405. The Hall–Kier alpha value is -1.88. The van der Waals surface area contributed by atoms with Gasteiger partial charge in [-0.2, -0.15) is 0 Å². The summed E-state index contributed by atoms with van der Waals surface area (Å²) in [5, 5.41) is 10.3. The van der Waals surface area contributed by atoms with Gasteiger partial charge in [0.1, 0.15) is 0 Å². The van der Waals surface area contributed by atoms with Crippen molar-refractivity contribution in [2.45, 2.75) is 5.38 Å². The summed E-state index contributed by atoms with van der Waals surface area (Å²) in [5.74, 6) is -1.94. The summed E-state index contributed by atoms with van der Waals surface area (Å²) < 4.78 is 0. The van der Waals surface area contributed by atoms with Gasteiger partial charge in [0.2, 0.25) is 0 Å². The van der Waals surface area contributed by atoms with Crippen LogP contribution in [0, 0.1) is 0 Å². The Labute approximate surface area is 96.3 Å². The number of carboxylic acids is 1. The van der Waals surface area contributed by atoms with Crippen molar-refractivity contribution in [3.8, 4) is 0 Å². The Balaban J connectivity index is 2.51. The van der Waals surface area contributed by atoms with E-state index in [1.54, 1.807) is 30.3 Å². The predicted molar refractivity (Wildman–Crippen MR) is 57.6 cm³/mol. The molecule has 0 spiro atoms. The molecule has 0 saturated carbocycles. The Kier molecular flexibility index (Phi) is 4.47. The van der Waals surface area contributed by atoms with Gasteiger partial charge in [-0.1, -0.05) is 23.4 Å². The third kappa shape index (κ3) is 3.70. The van der Waals surface area contributed by atoms with Crippen LogP contribution in [0.4, 0.5) is 0 Å². The molecule has 1 N–H and O–H groups in total. The highest BCUT2D eigenvalue weighted by Gasteiger charge is 2.11. The minimum atomic E-state index is -1.32. The van der Waals surface area contributed by atoms with E-state index >= 15 is 0 Å². The number of rotatable bonds is 4. The summed E-state index contributed by atoms with van der Waals surface area (Å²) in [7, 11) is 0. The molecule has 0 saturated heterocycles. The normalized spacial score (nSPS) is 12.3. The van der Waals surface area contributed by atoms with Gasteiger partial charge in [-0.25, -0.2) is 4.79 Å². The van der Waals surface area contributed by atoms with Crippen LogP contribution >= 0.6 is 11.6 Å². The van der Waals surface area contributed by atoms with Crippen LogP contribution in [-0.4, -0.2) is 28.6 Å². The molecule has 84 valence electrons. The summed E-state index contributed by atoms with van der Waals surface area (Å²) in [5.41, 5.74) is 0.320. The molecule has 1 atom stereocenters. The molecular formula is C10H8ClNO4. The number of alkyl halides is 1. The Morgan fingerprint density at radius 3 is 2.56 bits per heavy atom. The second-order valence-corrected chi connectivity index (χ2v) is 3.21. The molecule has 0 aromatic heterocycles. The first-order valence-electron chi connectivity index (χ1n) is 4.28. The number of halogens is 1. The van der Waals surface area contributed by atoms with E-state index in [0.29, 0.717) is 5.56 Å². The number of carbonyl (C=O) groups is 2. The van der Waals surface area contributed by atoms with Crippen molar-refractivity contribution < 1.29 is 19.5 Å². The molecule has 0 radical (unpaired) electrons. The smallest absolute Gasteiger partial charge is 0.365 e. The number of benzene rings is 1. The fourth-order valence-corrected chi connectivity index (χ4v) is 0.868. The lowest BCUT2D eigenvalue weighted by Crippen LogP contribution is -2.14. The van der Waals surface area contributed by atoms with Gasteiger partial charge in [-0.15, -0.1) is 11.6 Å². The van der Waals surface area contributed by atoms with E-state index < -0.39 is 17.3 Å². The fraction of sp³-hybridized carbons (Fsp3) is 0.100. The topological polar surface area (TPSA) is 76.0 Å². The van der Waals surface area contributed by atoms with E-state index in [0.717, 1.165) is 6.21 Å². The first-order valence-corrected chi connectivity index (χ1v) is 4.71. The number of hydrogen-bond donors (Lipinski definition) is 1. The molecule has 16 heavy (non-hydrogen) atoms. The standard InChI is InChI=1S/C10H8ClNO4/c11-8(9(13)14)6-12-16-10(15)7-4-2-1-3-5-7/h1-6,8H,(H,13,14)/b12-6+. The van der Waals surface area contributed by atoms with Crippen LogP contribution in [0.3, 0.4) is 0 Å². The van der Waals surface area contributed by atoms with Crippen LogP contribution in [-0.2, 0) is 9.63 Å². The lowest BCUT2D eigenvalue weighted by atomic mass is 10.2. The van der Waals surface area contributed by atoms with Crippen molar-refractivity contribution in [1.29, 1.82) is 0 Å². The molecule has 0 fully saturated rings. The third-order valence-electron chi connectivity index (χ3n) is 1.57. The van der Waals surface area contributed by atoms with Gasteiger partial charge in [0.05, 0.1) is 11.8 Å². The maximum atomic E-state index is 11.3. The van der Waals surface area contributed by atoms with Gasteiger partial charge in [0.25, 0.3) is 0 Å². The van der Waals surface area contributed by atoms with Gasteiger partial charge >= 0.3 is 11.9 Å². The summed E-state index contributed by atoms with van der Waals surface area (Å²) in [4.78, 5) is 26.0. The third-order valence-corrected chi connectivity index (χ3v) is 1.87. The second-order valence-electron chi connectivity index (χ2n) is 2.74. The molecule has 1 aromatic rings. The number of aliphatic carboxylic acids is 1. The average Bonchev–Trinajstić information content (AvgIpc) is 2.29. The Morgan fingerprint density at radius 1 is 1.38 bits per heavy atom. The SMILES string of the molecule is O=C(O/N=C/C(Cl)C(=O)O)c1ccccc1. The number of oxime groups is 1. The van der Waals surface area contributed by atoms with Crippen molar-refractivity contribution in [2.75, 3.05) is 0 Å². The summed E-state index contributed by atoms with van der Waals surface area (Å²) >= 11 is 5.31. The molecule has 0 bridgehead atoms. The van der Waals surface area contributed by atoms with Crippen LogP contribution in [0.2, 0.25) is 0 Å². The summed E-state index contributed by atoms with van der Waals surface area (Å²) in [6.45, 7) is 0. The molecule has 6 heteroatoms. The van der Waals surface area contributed by atoms with Crippen LogP contribution in [0.25, 0.3) is 0 Å². The highest BCUT2D eigenvalue weighted by Crippen LogP contribution is 2.01. The van der Waals surface area contributed by atoms with E-state index in [1.165, 1.54) is 0 Å². The maximum Gasteiger partial charge on any atom is 0.365 e. The predicted octanol–water partition coefficient (Wildman–Crippen LogP) is 1.52. The summed E-state index contributed by atoms with van der Waals surface area (Å²) in [6.07, 6.45) is 0.824. The zero-order valence-corrected chi connectivity index (χ0v) is 8.79. The van der Waals surface area contributed by atoms with Gasteiger partial charge in [0, 0.05) is 0 Å². The highest BCUT2D eigenvalue weighted by atomic mass is 35.5. The number of nitrogens with zero attached hydrogens (tertiary/aromatic N) is 1. The zero-order chi connectivity index (χ0) is 12.0. The van der Waals surface area contributed by atoms with Crippen molar-refractivity contribution >= 4 is 29.8 Å². The quantitative estimate of drug-likeness (QED) is 0.375. The number of carboxylic acid groups (broad SMARTS) is 1. The average molecular weight is 242 g/mol. The molecule has 1 aromatic carbocycles. The van der Waals surface area contributed by atoms with E-state index in [9.17, 15) is 9.59 Å². The monoisotopic (exact) mass is 241 g/mol. The maximum absolute atomic E-state index is 11.3. The first kappa shape index (κ1) is 12.2. The van der Waals surface area contributed by atoms with Crippen molar-refractivity contribution in [2.24, 2.45) is 5.16 Å². The van der Waals surface area contributed by atoms with Gasteiger partial charge in [-0.05, 0) is 12.1 Å². The van der Waals surface area contributed by atoms with Crippen molar-refractivity contribution in [3.05, 3.63) is 35.9 Å². The van der Waals surface area contributed by atoms with Gasteiger partial charge < -0.3 is 9.94 Å². The van der Waals surface area contributed by atoms with E-state index in [4.69, 9.17) is 16.7 Å². The van der Waals surface area contributed by atoms with Gasteiger partial charge in [0.15, 0.2) is 5.38 Å². The highest BCUT2D eigenvalue weighted by molar-refractivity contribution is 6.37. The largest absolute Gasteiger partial charge is 0.480 e. The molecule has 1 rings (SSSR count). The number of hydrogen-bond acceptors (Lipinski definition) is 4. The van der Waals surface area contributed by atoms with E-state index in [1.807, 2.05) is 0 Å². The first-order chi connectivity index (χ1) is 7.61. The van der Waals surface area contributed by atoms with Crippen LogP contribution < -0.4 is 0 Å². The molecule has 0 aliphatic carbocycles. The van der Waals surface area contributed by atoms with Gasteiger partial charge in [-0.3, -0.25) is 4.79 Å². The minimum absolute atomic E-state index is 0.320. The molecule has 0 heterocycles. The summed E-state index contributed by atoms with van der Waals surface area (Å²) in [6, 6.07) is 8.18. The molecule has 0 amide bonds. The van der Waals surface area contributed by atoms with Crippen molar-refractivity contribution in [3.63, 3.8) is 0 Å². The minimum Gasteiger partial charge on any atom is -0.480 e. The van der Waals surface area contributed by atoms with Crippen LogP contribution in [0.15, 0.2) is 35.5 Å². The fourth-order valence-electron chi connectivity index (χ4n) is 0.822. The van der Waals surface area contributed by atoms with Crippen LogP contribution in [0.1, 0.15) is 10.4 Å². The van der Waals surface area contributed by atoms with Crippen molar-refractivity contribution in [1.82, 2.24) is 0 Å². The molecule has 0 aliphatic rings. The lowest BCUT2D eigenvalue weighted by Gasteiger charge is -1.97.